The van der Waals surface area contributed by atoms with Gasteiger partial charge in [0.2, 0.25) is 5.91 Å². The Labute approximate surface area is 162 Å². The number of amides is 2. The van der Waals surface area contributed by atoms with Crippen molar-refractivity contribution in [2.75, 3.05) is 18.1 Å². The fourth-order valence-corrected chi connectivity index (χ4v) is 3.17. The van der Waals surface area contributed by atoms with Crippen LogP contribution in [0.2, 0.25) is 0 Å². The van der Waals surface area contributed by atoms with Crippen molar-refractivity contribution < 1.29 is 28.8 Å². The van der Waals surface area contributed by atoms with E-state index in [-0.39, 0.29) is 30.7 Å². The Morgan fingerprint density at radius 3 is 2.46 bits per heavy atom. The van der Waals surface area contributed by atoms with Crippen molar-refractivity contribution >= 4 is 23.5 Å². The third-order valence-electron chi connectivity index (χ3n) is 4.62. The van der Waals surface area contributed by atoms with Gasteiger partial charge < -0.3 is 10.1 Å². The number of halogens is 1. The summed E-state index contributed by atoms with van der Waals surface area (Å²) in [6.45, 7) is 2.62. The van der Waals surface area contributed by atoms with Crippen LogP contribution in [0.4, 0.5) is 10.1 Å². The summed E-state index contributed by atoms with van der Waals surface area (Å²) in [6, 6.07) is 12.0. The largest absolute Gasteiger partial charge is 0.462 e. The Morgan fingerprint density at radius 1 is 1.14 bits per heavy atom. The lowest BCUT2D eigenvalue weighted by atomic mass is 10.1. The maximum atomic E-state index is 12.9. The van der Waals surface area contributed by atoms with Crippen molar-refractivity contribution in [3.8, 4) is 0 Å². The number of carbonyl (C=O) groups is 3. The summed E-state index contributed by atoms with van der Waals surface area (Å²) in [5.74, 6) is -1.26. The molecule has 0 radical (unpaired) electrons. The molecule has 1 fully saturated rings. The van der Waals surface area contributed by atoms with Crippen LogP contribution < -0.4 is 10.2 Å². The number of anilines is 1. The summed E-state index contributed by atoms with van der Waals surface area (Å²) in [6.07, 6.45) is 0.800. The first kappa shape index (κ1) is 19.7. The molecule has 2 aromatic rings. The van der Waals surface area contributed by atoms with Crippen molar-refractivity contribution in [1.82, 2.24) is 0 Å². The van der Waals surface area contributed by atoms with E-state index < -0.39 is 12.0 Å². The summed E-state index contributed by atoms with van der Waals surface area (Å²) < 4.78 is 17.9. The van der Waals surface area contributed by atoms with Crippen LogP contribution in [-0.4, -0.2) is 37.0 Å². The number of ether oxygens (including phenoxy) is 1. The normalized spacial score (nSPS) is 16.5. The number of hydrogen-bond donors (Lipinski definition) is 1. The molecule has 2 amide bonds. The van der Waals surface area contributed by atoms with Crippen molar-refractivity contribution in [2.24, 2.45) is 0 Å². The number of quaternary nitrogens is 1. The van der Waals surface area contributed by atoms with Crippen LogP contribution in [0.5, 0.6) is 0 Å². The lowest BCUT2D eigenvalue weighted by Crippen LogP contribution is -2.92. The first-order valence-corrected chi connectivity index (χ1v) is 9.21. The maximum Gasteiger partial charge on any atom is 0.338 e. The first-order chi connectivity index (χ1) is 13.5. The molecule has 1 aliphatic heterocycles. The Morgan fingerprint density at radius 2 is 1.82 bits per heavy atom. The maximum absolute atomic E-state index is 12.9. The second-order valence-corrected chi connectivity index (χ2v) is 6.55. The van der Waals surface area contributed by atoms with E-state index in [0.717, 1.165) is 10.5 Å². The van der Waals surface area contributed by atoms with Crippen LogP contribution in [0.25, 0.3) is 0 Å². The van der Waals surface area contributed by atoms with Gasteiger partial charge in [0.25, 0.3) is 5.91 Å². The fraction of sp³-hybridized carbons (Fsp3) is 0.286. The van der Waals surface area contributed by atoms with Crippen LogP contribution in [0.1, 0.15) is 29.3 Å². The van der Waals surface area contributed by atoms with Crippen LogP contribution in [0.3, 0.4) is 0 Å². The minimum absolute atomic E-state index is 0.127. The second kappa shape index (κ2) is 8.75. The van der Waals surface area contributed by atoms with E-state index in [2.05, 4.69) is 0 Å². The van der Waals surface area contributed by atoms with Gasteiger partial charge in [-0.3, -0.25) is 9.59 Å². The molecule has 1 atom stereocenters. The van der Waals surface area contributed by atoms with E-state index in [1.165, 1.54) is 12.1 Å². The van der Waals surface area contributed by atoms with E-state index in [1.54, 1.807) is 43.3 Å². The predicted octanol–water partition coefficient (Wildman–Crippen LogP) is 1.44. The number of carbonyl (C=O) groups excluding carboxylic acids is 3. The minimum atomic E-state index is -0.474. The van der Waals surface area contributed by atoms with Gasteiger partial charge >= 0.3 is 5.97 Å². The summed E-state index contributed by atoms with van der Waals surface area (Å²) in [5.41, 5.74) is 1.78. The molecule has 0 aromatic heterocycles. The van der Waals surface area contributed by atoms with Crippen LogP contribution in [0.15, 0.2) is 48.5 Å². The van der Waals surface area contributed by atoms with E-state index >= 15 is 0 Å². The topological polar surface area (TPSA) is 80.3 Å². The average Bonchev–Trinajstić information content (AvgIpc) is 2.97. The lowest BCUT2D eigenvalue weighted by molar-refractivity contribution is -0.674. The molecule has 2 aromatic carbocycles. The predicted molar refractivity (Wildman–Crippen MR) is 100 cm³/mol. The number of imide groups is 1. The molecular weight excluding hydrogens is 363 g/mol. The van der Waals surface area contributed by atoms with Gasteiger partial charge in [0, 0.05) is 6.42 Å². The summed E-state index contributed by atoms with van der Waals surface area (Å²) in [4.78, 5) is 37.9. The molecule has 6 nitrogen and oxygen atoms in total. The van der Waals surface area contributed by atoms with Gasteiger partial charge in [-0.05, 0) is 48.9 Å². The Kier molecular flexibility index (Phi) is 6.16. The highest BCUT2D eigenvalue weighted by Crippen LogP contribution is 2.22. The average molecular weight is 385 g/mol. The Bertz CT molecular complexity index is 865. The zero-order chi connectivity index (χ0) is 20.1. The highest BCUT2D eigenvalue weighted by Gasteiger charge is 2.42. The molecule has 28 heavy (non-hydrogen) atoms. The van der Waals surface area contributed by atoms with Gasteiger partial charge in [-0.1, -0.05) is 12.1 Å². The molecule has 146 valence electrons. The highest BCUT2D eigenvalue weighted by atomic mass is 19.1. The number of nitrogens with two attached hydrogens (primary N) is 1. The fourth-order valence-electron chi connectivity index (χ4n) is 3.17. The molecule has 0 unspecified atom stereocenters. The lowest BCUT2D eigenvalue weighted by Gasteiger charge is -2.14. The highest BCUT2D eigenvalue weighted by molar-refractivity contribution is 6.21. The molecule has 2 N–H and O–H groups in total. The van der Waals surface area contributed by atoms with Crippen molar-refractivity contribution in [3.63, 3.8) is 0 Å². The van der Waals surface area contributed by atoms with Gasteiger partial charge in [0.05, 0.1) is 30.8 Å². The van der Waals surface area contributed by atoms with Crippen molar-refractivity contribution in [3.05, 3.63) is 65.5 Å². The van der Waals surface area contributed by atoms with Crippen molar-refractivity contribution in [1.29, 1.82) is 0 Å². The van der Waals surface area contributed by atoms with E-state index in [1.807, 2.05) is 5.32 Å². The SMILES string of the molecule is CCOC(=O)c1ccc(N2C(=O)C[C@@H]([NH2+]CCc3ccc(F)cc3)C2=O)cc1. The quantitative estimate of drug-likeness (QED) is 0.578. The monoisotopic (exact) mass is 385 g/mol. The van der Waals surface area contributed by atoms with Gasteiger partial charge in [0.15, 0.2) is 6.04 Å². The van der Waals surface area contributed by atoms with Gasteiger partial charge in [-0.2, -0.15) is 0 Å². The number of rotatable bonds is 7. The summed E-state index contributed by atoms with van der Waals surface area (Å²) in [5, 5.41) is 1.84. The number of esters is 1. The summed E-state index contributed by atoms with van der Waals surface area (Å²) >= 11 is 0. The molecule has 1 heterocycles. The zero-order valence-corrected chi connectivity index (χ0v) is 15.6. The minimum Gasteiger partial charge on any atom is -0.462 e. The number of hydrogen-bond acceptors (Lipinski definition) is 4. The smallest absolute Gasteiger partial charge is 0.338 e. The van der Waals surface area contributed by atoms with Crippen molar-refractivity contribution in [2.45, 2.75) is 25.8 Å². The number of benzene rings is 2. The van der Waals surface area contributed by atoms with Crippen LogP contribution in [0, 0.1) is 5.82 Å². The van der Waals surface area contributed by atoms with Gasteiger partial charge in [-0.15, -0.1) is 0 Å². The molecule has 3 rings (SSSR count). The van der Waals surface area contributed by atoms with E-state index in [0.29, 0.717) is 24.2 Å². The number of nitrogens with zero attached hydrogens (tertiary/aromatic N) is 1. The second-order valence-electron chi connectivity index (χ2n) is 6.55. The molecule has 1 aliphatic rings. The first-order valence-electron chi connectivity index (χ1n) is 9.21. The van der Waals surface area contributed by atoms with E-state index in [4.69, 9.17) is 4.74 Å². The summed E-state index contributed by atoms with van der Waals surface area (Å²) in [7, 11) is 0. The molecule has 0 aliphatic carbocycles. The Balaban J connectivity index is 1.59. The molecular formula is C21H22FN2O4+. The zero-order valence-electron chi connectivity index (χ0n) is 15.6. The standard InChI is InChI=1S/C21H21FN2O4/c1-2-28-21(27)15-5-9-17(10-6-15)24-19(25)13-18(20(24)26)23-12-11-14-3-7-16(22)8-4-14/h3-10,18,23H,2,11-13H2,1H3/p+1/t18-/m1/s1. The van der Waals surface area contributed by atoms with Gasteiger partial charge in [0.1, 0.15) is 5.82 Å². The molecule has 1 saturated heterocycles. The van der Waals surface area contributed by atoms with Crippen LogP contribution >= 0.6 is 0 Å². The molecule has 0 saturated carbocycles. The molecule has 0 spiro atoms. The Hall–Kier alpha value is -3.06. The van der Waals surface area contributed by atoms with Gasteiger partial charge in [-0.25, -0.2) is 14.1 Å². The third-order valence-corrected chi connectivity index (χ3v) is 4.62. The third kappa shape index (κ3) is 4.43. The molecule has 0 bridgehead atoms. The van der Waals surface area contributed by atoms with Crippen LogP contribution in [-0.2, 0) is 20.7 Å². The molecule has 7 heteroatoms. The van der Waals surface area contributed by atoms with E-state index in [9.17, 15) is 18.8 Å².